The molecule has 0 bridgehead atoms. The standard InChI is InChI=1S/C11H21N5/c1-8-9(15-12)13-7-14-10(8)16(5)6-11(2,3)4/h7H,6,12H2,1-5H3,(H,13,14,15). The minimum atomic E-state index is 0.225. The van der Waals surface area contributed by atoms with Crippen molar-refractivity contribution in [1.29, 1.82) is 0 Å². The summed E-state index contributed by atoms with van der Waals surface area (Å²) in [4.78, 5) is 10.5. The lowest BCUT2D eigenvalue weighted by Gasteiger charge is -2.28. The van der Waals surface area contributed by atoms with Crippen molar-refractivity contribution < 1.29 is 0 Å². The van der Waals surface area contributed by atoms with Gasteiger partial charge in [0.2, 0.25) is 0 Å². The van der Waals surface area contributed by atoms with Crippen LogP contribution in [-0.2, 0) is 0 Å². The molecule has 0 saturated heterocycles. The molecule has 90 valence electrons. The van der Waals surface area contributed by atoms with E-state index >= 15 is 0 Å². The summed E-state index contributed by atoms with van der Waals surface area (Å²) < 4.78 is 0. The summed E-state index contributed by atoms with van der Waals surface area (Å²) >= 11 is 0. The van der Waals surface area contributed by atoms with E-state index in [1.165, 1.54) is 6.33 Å². The molecule has 3 N–H and O–H groups in total. The van der Waals surface area contributed by atoms with Gasteiger partial charge in [-0.3, -0.25) is 0 Å². The monoisotopic (exact) mass is 223 g/mol. The summed E-state index contributed by atoms with van der Waals surface area (Å²) in [6, 6.07) is 0. The fourth-order valence-corrected chi connectivity index (χ4v) is 1.76. The van der Waals surface area contributed by atoms with Gasteiger partial charge in [0.1, 0.15) is 18.0 Å². The largest absolute Gasteiger partial charge is 0.359 e. The molecule has 1 heterocycles. The lowest BCUT2D eigenvalue weighted by atomic mass is 9.96. The van der Waals surface area contributed by atoms with Gasteiger partial charge in [-0.15, -0.1) is 0 Å². The van der Waals surface area contributed by atoms with Crippen molar-refractivity contribution in [2.75, 3.05) is 23.9 Å². The van der Waals surface area contributed by atoms with Crippen molar-refractivity contribution in [3.63, 3.8) is 0 Å². The third kappa shape index (κ3) is 3.06. The third-order valence-corrected chi connectivity index (χ3v) is 2.27. The summed E-state index contributed by atoms with van der Waals surface area (Å²) in [6.45, 7) is 9.48. The van der Waals surface area contributed by atoms with E-state index in [1.807, 2.05) is 14.0 Å². The van der Waals surface area contributed by atoms with Crippen molar-refractivity contribution in [3.05, 3.63) is 11.9 Å². The van der Waals surface area contributed by atoms with E-state index in [-0.39, 0.29) is 5.41 Å². The predicted octanol–water partition coefficient (Wildman–Crippen LogP) is 1.55. The highest BCUT2D eigenvalue weighted by Gasteiger charge is 2.17. The number of hydrazine groups is 1. The van der Waals surface area contributed by atoms with E-state index in [0.29, 0.717) is 5.82 Å². The second-order valence-electron chi connectivity index (χ2n) is 5.23. The second kappa shape index (κ2) is 4.65. The number of anilines is 2. The number of nitrogens with two attached hydrogens (primary N) is 1. The summed E-state index contributed by atoms with van der Waals surface area (Å²) in [5, 5.41) is 0. The van der Waals surface area contributed by atoms with E-state index in [9.17, 15) is 0 Å². The average Bonchev–Trinajstić information content (AvgIpc) is 2.15. The van der Waals surface area contributed by atoms with Gasteiger partial charge in [0, 0.05) is 19.2 Å². The molecule has 0 radical (unpaired) electrons. The molecule has 0 aliphatic rings. The smallest absolute Gasteiger partial charge is 0.148 e. The number of hydrogen-bond donors (Lipinski definition) is 2. The molecule has 0 unspecified atom stereocenters. The Morgan fingerprint density at radius 1 is 1.38 bits per heavy atom. The molecule has 5 heteroatoms. The molecule has 1 aromatic heterocycles. The lowest BCUT2D eigenvalue weighted by Crippen LogP contribution is -2.30. The number of nitrogens with zero attached hydrogens (tertiary/aromatic N) is 3. The van der Waals surface area contributed by atoms with Crippen molar-refractivity contribution >= 4 is 11.6 Å². The highest BCUT2D eigenvalue weighted by atomic mass is 15.3. The van der Waals surface area contributed by atoms with Gasteiger partial charge < -0.3 is 10.3 Å². The molecule has 0 fully saturated rings. The Kier molecular flexibility index (Phi) is 3.70. The molecule has 1 rings (SSSR count). The molecule has 5 nitrogen and oxygen atoms in total. The van der Waals surface area contributed by atoms with Gasteiger partial charge in [0.05, 0.1) is 0 Å². The summed E-state index contributed by atoms with van der Waals surface area (Å²) in [6.07, 6.45) is 1.52. The SMILES string of the molecule is Cc1c(NN)ncnc1N(C)CC(C)(C)C. The first-order chi connectivity index (χ1) is 7.35. The minimum absolute atomic E-state index is 0.225. The van der Waals surface area contributed by atoms with Crippen molar-refractivity contribution in [2.45, 2.75) is 27.7 Å². The predicted molar refractivity (Wildman–Crippen MR) is 67.3 cm³/mol. The third-order valence-electron chi connectivity index (χ3n) is 2.27. The first kappa shape index (κ1) is 12.7. The van der Waals surface area contributed by atoms with Gasteiger partial charge >= 0.3 is 0 Å². The molecule has 0 spiro atoms. The van der Waals surface area contributed by atoms with Crippen LogP contribution in [0.15, 0.2) is 6.33 Å². The maximum absolute atomic E-state index is 5.39. The molecule has 0 aliphatic carbocycles. The first-order valence-electron chi connectivity index (χ1n) is 5.34. The molecule has 0 amide bonds. The van der Waals surface area contributed by atoms with Crippen LogP contribution in [0.5, 0.6) is 0 Å². The Morgan fingerprint density at radius 3 is 2.50 bits per heavy atom. The molecule has 16 heavy (non-hydrogen) atoms. The molecular weight excluding hydrogens is 202 g/mol. The molecule has 0 saturated carbocycles. The van der Waals surface area contributed by atoms with Crippen molar-refractivity contribution in [2.24, 2.45) is 11.3 Å². The molecule has 0 aliphatic heterocycles. The number of hydrogen-bond acceptors (Lipinski definition) is 5. The van der Waals surface area contributed by atoms with Gasteiger partial charge in [-0.25, -0.2) is 15.8 Å². The van der Waals surface area contributed by atoms with Crippen molar-refractivity contribution in [1.82, 2.24) is 9.97 Å². The van der Waals surface area contributed by atoms with Gasteiger partial charge in [-0.1, -0.05) is 20.8 Å². The van der Waals surface area contributed by atoms with Crippen LogP contribution in [0.3, 0.4) is 0 Å². The van der Waals surface area contributed by atoms with E-state index in [4.69, 9.17) is 5.84 Å². The van der Waals surface area contributed by atoms with Crippen LogP contribution in [0.25, 0.3) is 0 Å². The highest BCUT2D eigenvalue weighted by molar-refractivity contribution is 5.57. The van der Waals surface area contributed by atoms with Crippen LogP contribution < -0.4 is 16.2 Å². The zero-order chi connectivity index (χ0) is 12.3. The fraction of sp³-hybridized carbons (Fsp3) is 0.636. The molecule has 0 atom stereocenters. The van der Waals surface area contributed by atoms with Gasteiger partial charge in [0.15, 0.2) is 0 Å². The summed E-state index contributed by atoms with van der Waals surface area (Å²) in [7, 11) is 2.03. The topological polar surface area (TPSA) is 67.1 Å². The van der Waals surface area contributed by atoms with E-state index in [2.05, 4.69) is 41.1 Å². The molecule has 1 aromatic rings. The van der Waals surface area contributed by atoms with E-state index in [1.54, 1.807) is 0 Å². The normalized spacial score (nSPS) is 11.4. The Bertz CT molecular complexity index is 356. The highest BCUT2D eigenvalue weighted by Crippen LogP contribution is 2.23. The maximum Gasteiger partial charge on any atom is 0.148 e. The summed E-state index contributed by atoms with van der Waals surface area (Å²) in [5.74, 6) is 6.97. The van der Waals surface area contributed by atoms with Crippen LogP contribution in [-0.4, -0.2) is 23.6 Å². The fourth-order valence-electron chi connectivity index (χ4n) is 1.76. The minimum Gasteiger partial charge on any atom is -0.359 e. The lowest BCUT2D eigenvalue weighted by molar-refractivity contribution is 0.417. The van der Waals surface area contributed by atoms with E-state index < -0.39 is 0 Å². The Balaban J connectivity index is 2.95. The zero-order valence-electron chi connectivity index (χ0n) is 10.7. The van der Waals surface area contributed by atoms with Crippen LogP contribution in [0, 0.1) is 12.3 Å². The molecule has 0 aromatic carbocycles. The Hall–Kier alpha value is -1.36. The molecular formula is C11H21N5. The second-order valence-corrected chi connectivity index (χ2v) is 5.23. The average molecular weight is 223 g/mol. The number of nitrogen functional groups attached to an aromatic ring is 1. The quantitative estimate of drug-likeness (QED) is 0.601. The van der Waals surface area contributed by atoms with Gasteiger partial charge in [-0.05, 0) is 12.3 Å². The van der Waals surface area contributed by atoms with Gasteiger partial charge in [0.25, 0.3) is 0 Å². The summed E-state index contributed by atoms with van der Waals surface area (Å²) in [5.41, 5.74) is 3.77. The van der Waals surface area contributed by atoms with Crippen molar-refractivity contribution in [3.8, 4) is 0 Å². The Labute approximate surface area is 97.0 Å². The van der Waals surface area contributed by atoms with Crippen LogP contribution >= 0.6 is 0 Å². The van der Waals surface area contributed by atoms with E-state index in [0.717, 1.165) is 17.9 Å². The van der Waals surface area contributed by atoms with Gasteiger partial charge in [-0.2, -0.15) is 0 Å². The Morgan fingerprint density at radius 2 is 2.00 bits per heavy atom. The maximum atomic E-state index is 5.39. The zero-order valence-corrected chi connectivity index (χ0v) is 10.7. The van der Waals surface area contributed by atoms with Crippen LogP contribution in [0.4, 0.5) is 11.6 Å². The van der Waals surface area contributed by atoms with Crippen LogP contribution in [0.1, 0.15) is 26.3 Å². The first-order valence-corrected chi connectivity index (χ1v) is 5.34. The number of aromatic nitrogens is 2. The number of rotatable bonds is 3. The number of nitrogens with one attached hydrogen (secondary N) is 1. The van der Waals surface area contributed by atoms with Crippen LogP contribution in [0.2, 0.25) is 0 Å².